The van der Waals surface area contributed by atoms with Crippen molar-refractivity contribution >= 4 is 26.8 Å². The molecule has 1 fully saturated rings. The molecular weight excluding hydrogens is 438 g/mol. The quantitative estimate of drug-likeness (QED) is 0.545. The Bertz CT molecular complexity index is 1220. The van der Waals surface area contributed by atoms with Crippen LogP contribution in [0.15, 0.2) is 59.6 Å². The van der Waals surface area contributed by atoms with E-state index in [2.05, 4.69) is 16.8 Å². The van der Waals surface area contributed by atoms with E-state index in [-0.39, 0.29) is 23.3 Å². The van der Waals surface area contributed by atoms with Gasteiger partial charge in [-0.3, -0.25) is 4.79 Å². The Kier molecular flexibility index (Phi) is 7.05. The summed E-state index contributed by atoms with van der Waals surface area (Å²) in [4.78, 5) is 13.1. The largest absolute Gasteiger partial charge is 0.494 e. The highest BCUT2D eigenvalue weighted by molar-refractivity contribution is 7.89. The lowest BCUT2D eigenvalue weighted by molar-refractivity contribution is -0.126. The first-order valence-electron chi connectivity index (χ1n) is 11.5. The molecule has 1 atom stereocenters. The molecule has 2 aromatic carbocycles. The van der Waals surface area contributed by atoms with Gasteiger partial charge in [0.05, 0.1) is 17.4 Å². The van der Waals surface area contributed by atoms with Gasteiger partial charge in [0.15, 0.2) is 0 Å². The summed E-state index contributed by atoms with van der Waals surface area (Å²) in [5.41, 5.74) is 1.99. The average Bonchev–Trinajstić information content (AvgIpc) is 3.26. The zero-order valence-corrected chi connectivity index (χ0v) is 20.0. The lowest BCUT2D eigenvalue weighted by Gasteiger charge is -2.31. The number of hydrogen-bond donors (Lipinski definition) is 1. The van der Waals surface area contributed by atoms with Gasteiger partial charge in [0.1, 0.15) is 5.75 Å². The third kappa shape index (κ3) is 5.07. The van der Waals surface area contributed by atoms with E-state index in [9.17, 15) is 13.2 Å². The minimum absolute atomic E-state index is 0.112. The second kappa shape index (κ2) is 9.97. The molecule has 0 saturated carbocycles. The van der Waals surface area contributed by atoms with Crippen LogP contribution in [0.25, 0.3) is 10.9 Å². The van der Waals surface area contributed by atoms with Crippen LogP contribution in [-0.4, -0.2) is 42.9 Å². The third-order valence-corrected chi connectivity index (χ3v) is 8.04. The highest BCUT2D eigenvalue weighted by atomic mass is 32.2. The van der Waals surface area contributed by atoms with Crippen LogP contribution in [-0.2, 0) is 27.9 Å². The van der Waals surface area contributed by atoms with Gasteiger partial charge in [-0.1, -0.05) is 12.1 Å². The van der Waals surface area contributed by atoms with Crippen LogP contribution in [0.4, 0.5) is 0 Å². The molecule has 1 amide bonds. The Labute approximate surface area is 195 Å². The molecule has 1 N–H and O–H groups in total. The Balaban J connectivity index is 1.41. The number of carbonyl (C=O) groups excluding carboxylic acids is 1. The molecule has 0 radical (unpaired) electrons. The lowest BCUT2D eigenvalue weighted by atomic mass is 9.99. The van der Waals surface area contributed by atoms with Crippen molar-refractivity contribution in [3.63, 3.8) is 0 Å². The van der Waals surface area contributed by atoms with Gasteiger partial charge in [-0.25, -0.2) is 8.42 Å². The van der Waals surface area contributed by atoms with E-state index in [1.54, 1.807) is 12.1 Å². The molecule has 1 aromatic heterocycles. The van der Waals surface area contributed by atoms with Crippen LogP contribution in [0.1, 0.15) is 32.3 Å². The van der Waals surface area contributed by atoms with Crippen molar-refractivity contribution in [3.8, 4) is 5.75 Å². The number of piperidine rings is 1. The minimum Gasteiger partial charge on any atom is -0.494 e. The molecule has 2 heterocycles. The fourth-order valence-electron chi connectivity index (χ4n) is 4.34. The number of ether oxygens (including phenoxy) is 1. The number of aromatic nitrogens is 1. The van der Waals surface area contributed by atoms with Crippen molar-refractivity contribution in [2.45, 2.75) is 44.7 Å². The summed E-state index contributed by atoms with van der Waals surface area (Å²) in [5.74, 6) is 0.325. The normalized spacial score (nSPS) is 17.2. The van der Waals surface area contributed by atoms with Crippen LogP contribution >= 0.6 is 0 Å². The summed E-state index contributed by atoms with van der Waals surface area (Å²) in [7, 11) is -3.66. The Morgan fingerprint density at radius 1 is 1.12 bits per heavy atom. The smallest absolute Gasteiger partial charge is 0.243 e. The van der Waals surface area contributed by atoms with Gasteiger partial charge >= 0.3 is 0 Å². The summed E-state index contributed by atoms with van der Waals surface area (Å²) in [6, 6.07) is 14.8. The molecule has 1 aliphatic rings. The molecule has 4 rings (SSSR count). The van der Waals surface area contributed by atoms with Gasteiger partial charge in [-0.05, 0) is 68.7 Å². The maximum absolute atomic E-state index is 13.3. The highest BCUT2D eigenvalue weighted by Gasteiger charge is 2.33. The Morgan fingerprint density at radius 3 is 2.64 bits per heavy atom. The lowest BCUT2D eigenvalue weighted by Crippen LogP contribution is -2.45. The van der Waals surface area contributed by atoms with E-state index in [1.807, 2.05) is 49.5 Å². The molecule has 0 spiro atoms. The monoisotopic (exact) mass is 469 g/mol. The van der Waals surface area contributed by atoms with Crippen molar-refractivity contribution in [2.24, 2.45) is 5.92 Å². The van der Waals surface area contributed by atoms with E-state index in [0.717, 1.165) is 28.8 Å². The standard InChI is InChI=1S/C25H31N3O4S/c1-3-27-15-13-20-16-23(11-12-24(20)27)33(30,31)28-14-5-6-21(18-28)25(29)26-17-19-7-9-22(10-8-19)32-4-2/h7-13,15-16,21H,3-6,14,17-18H2,1-2H3,(H,26,29). The Morgan fingerprint density at radius 2 is 1.91 bits per heavy atom. The Hall–Kier alpha value is -2.84. The van der Waals surface area contributed by atoms with E-state index in [1.165, 1.54) is 4.31 Å². The van der Waals surface area contributed by atoms with Gasteiger partial charge in [0.2, 0.25) is 15.9 Å². The minimum atomic E-state index is -3.66. The SMILES string of the molecule is CCOc1ccc(CNC(=O)C2CCCN(S(=O)(=O)c3ccc4c(ccn4CC)c3)C2)cc1. The van der Waals surface area contributed by atoms with Gasteiger partial charge < -0.3 is 14.6 Å². The van der Waals surface area contributed by atoms with Gasteiger partial charge in [-0.15, -0.1) is 0 Å². The maximum Gasteiger partial charge on any atom is 0.243 e. The first-order chi connectivity index (χ1) is 15.9. The number of amides is 1. The number of nitrogens with zero attached hydrogens (tertiary/aromatic N) is 2. The summed E-state index contributed by atoms with van der Waals surface area (Å²) >= 11 is 0. The summed E-state index contributed by atoms with van der Waals surface area (Å²) in [5, 5.41) is 3.86. The number of rotatable bonds is 8. The maximum atomic E-state index is 13.3. The molecule has 3 aromatic rings. The zero-order valence-electron chi connectivity index (χ0n) is 19.2. The van der Waals surface area contributed by atoms with Crippen LogP contribution < -0.4 is 10.1 Å². The number of benzene rings is 2. The topological polar surface area (TPSA) is 80.6 Å². The van der Waals surface area contributed by atoms with Crippen LogP contribution in [0, 0.1) is 5.92 Å². The van der Waals surface area contributed by atoms with E-state index < -0.39 is 10.0 Å². The van der Waals surface area contributed by atoms with Crippen molar-refractivity contribution in [3.05, 3.63) is 60.3 Å². The molecule has 1 aliphatic heterocycles. The highest BCUT2D eigenvalue weighted by Crippen LogP contribution is 2.27. The van der Waals surface area contributed by atoms with Crippen molar-refractivity contribution in [2.75, 3.05) is 19.7 Å². The van der Waals surface area contributed by atoms with Crippen LogP contribution in [0.2, 0.25) is 0 Å². The summed E-state index contributed by atoms with van der Waals surface area (Å²) in [6.07, 6.45) is 3.31. The average molecular weight is 470 g/mol. The number of aryl methyl sites for hydroxylation is 1. The predicted molar refractivity (Wildman–Crippen MR) is 129 cm³/mol. The molecule has 1 saturated heterocycles. The van der Waals surface area contributed by atoms with Gasteiger partial charge in [-0.2, -0.15) is 4.31 Å². The molecule has 33 heavy (non-hydrogen) atoms. The van der Waals surface area contributed by atoms with Gasteiger partial charge in [0.25, 0.3) is 0 Å². The first kappa shape index (κ1) is 23.3. The molecule has 1 unspecified atom stereocenters. The van der Waals surface area contributed by atoms with E-state index in [4.69, 9.17) is 4.74 Å². The first-order valence-corrected chi connectivity index (χ1v) is 12.9. The molecule has 0 bridgehead atoms. The van der Waals surface area contributed by atoms with E-state index >= 15 is 0 Å². The van der Waals surface area contributed by atoms with Crippen LogP contribution in [0.5, 0.6) is 5.75 Å². The fraction of sp³-hybridized carbons (Fsp3) is 0.400. The number of sulfonamides is 1. The molecule has 176 valence electrons. The van der Waals surface area contributed by atoms with Gasteiger partial charge in [0, 0.05) is 43.3 Å². The molecular formula is C25H31N3O4S. The van der Waals surface area contributed by atoms with Crippen molar-refractivity contribution in [1.82, 2.24) is 14.2 Å². The summed E-state index contributed by atoms with van der Waals surface area (Å²) in [6.45, 7) is 6.46. The fourth-order valence-corrected chi connectivity index (χ4v) is 5.90. The number of hydrogen-bond acceptors (Lipinski definition) is 4. The zero-order chi connectivity index (χ0) is 23.4. The van der Waals surface area contributed by atoms with Crippen molar-refractivity contribution < 1.29 is 17.9 Å². The molecule has 8 heteroatoms. The van der Waals surface area contributed by atoms with Crippen LogP contribution in [0.3, 0.4) is 0 Å². The molecule has 7 nitrogen and oxygen atoms in total. The number of carbonyl (C=O) groups is 1. The molecule has 0 aliphatic carbocycles. The van der Waals surface area contributed by atoms with Crippen molar-refractivity contribution in [1.29, 1.82) is 0 Å². The number of nitrogens with one attached hydrogen (secondary N) is 1. The number of fused-ring (bicyclic) bond motifs is 1. The van der Waals surface area contributed by atoms with E-state index in [0.29, 0.717) is 32.5 Å². The summed E-state index contributed by atoms with van der Waals surface area (Å²) < 4.78 is 35.6. The third-order valence-electron chi connectivity index (χ3n) is 6.18. The predicted octanol–water partition coefficient (Wildman–Crippen LogP) is 3.78. The second-order valence-electron chi connectivity index (χ2n) is 8.32. The second-order valence-corrected chi connectivity index (χ2v) is 10.3.